The molecule has 0 aromatic heterocycles. The van der Waals surface area contributed by atoms with Gasteiger partial charge in [-0.15, -0.1) is 0 Å². The fourth-order valence-corrected chi connectivity index (χ4v) is 3.90. The molecular weight excluding hydrogens is 406 g/mol. The maximum atomic E-state index is 12.6. The van der Waals surface area contributed by atoms with Crippen molar-refractivity contribution in [3.8, 4) is 0 Å². The van der Waals surface area contributed by atoms with Gasteiger partial charge in [-0.25, -0.2) is 0 Å². The molecule has 0 spiro atoms. The lowest BCUT2D eigenvalue weighted by Crippen LogP contribution is -2.10. The summed E-state index contributed by atoms with van der Waals surface area (Å²) in [5.74, 6) is -0.621. The fraction of sp³-hybridized carbons (Fsp3) is 0.0667. The van der Waals surface area contributed by atoms with E-state index >= 15 is 0 Å². The summed E-state index contributed by atoms with van der Waals surface area (Å²) in [5.41, 5.74) is 7.00. The maximum absolute atomic E-state index is 12.6. The lowest BCUT2D eigenvalue weighted by molar-refractivity contribution is -0.115. The van der Waals surface area contributed by atoms with Crippen LogP contribution in [-0.4, -0.2) is 11.6 Å². The standard InChI is InChI=1S/C30H25NO2/c1-5-26-27(6-2)30(33)28(29(26)32)19-22-11-17-25(18-12-22)31(23-13-7-20(3)8-14-23)24-15-9-21(4)10-16-24/h5-19H,1-2H2,3-4H3. The van der Waals surface area contributed by atoms with E-state index in [-0.39, 0.29) is 17.1 Å². The number of carbonyl (C=O) groups excluding carboxylic acids is 2. The van der Waals surface area contributed by atoms with Crippen LogP contribution >= 0.6 is 0 Å². The average molecular weight is 432 g/mol. The molecular formula is C30H25NO2. The number of hydrogen-bond acceptors (Lipinski definition) is 3. The third-order valence-electron chi connectivity index (χ3n) is 5.72. The Kier molecular flexibility index (Phi) is 6.05. The van der Waals surface area contributed by atoms with Crippen molar-refractivity contribution in [2.45, 2.75) is 13.8 Å². The lowest BCUT2D eigenvalue weighted by Gasteiger charge is -2.26. The monoisotopic (exact) mass is 431 g/mol. The minimum atomic E-state index is -0.310. The molecule has 0 N–H and O–H groups in total. The van der Waals surface area contributed by atoms with Crippen LogP contribution in [0.3, 0.4) is 0 Å². The molecule has 0 amide bonds. The number of Topliss-reactive ketones (excluding diaryl/α,β-unsaturated/α-hetero) is 2. The summed E-state index contributed by atoms with van der Waals surface area (Å²) in [6.45, 7) is 11.4. The van der Waals surface area contributed by atoms with Crippen LogP contribution < -0.4 is 4.90 Å². The third-order valence-corrected chi connectivity index (χ3v) is 5.72. The van der Waals surface area contributed by atoms with Gasteiger partial charge in [0, 0.05) is 28.2 Å². The predicted octanol–water partition coefficient (Wildman–Crippen LogP) is 6.98. The summed E-state index contributed by atoms with van der Waals surface area (Å²) < 4.78 is 0. The van der Waals surface area contributed by atoms with E-state index in [0.717, 1.165) is 22.6 Å². The van der Waals surface area contributed by atoms with E-state index < -0.39 is 0 Å². The van der Waals surface area contributed by atoms with Crippen LogP contribution in [0.1, 0.15) is 16.7 Å². The van der Waals surface area contributed by atoms with Crippen LogP contribution in [0.4, 0.5) is 17.1 Å². The van der Waals surface area contributed by atoms with E-state index in [1.54, 1.807) is 6.08 Å². The zero-order valence-corrected chi connectivity index (χ0v) is 18.8. The number of hydrogen-bond donors (Lipinski definition) is 0. The minimum absolute atomic E-state index is 0.140. The van der Waals surface area contributed by atoms with Gasteiger partial charge in [-0.1, -0.05) is 72.8 Å². The maximum Gasteiger partial charge on any atom is 0.197 e. The Morgan fingerprint density at radius 3 is 1.33 bits per heavy atom. The van der Waals surface area contributed by atoms with E-state index in [1.165, 1.54) is 23.3 Å². The van der Waals surface area contributed by atoms with Gasteiger partial charge in [0.1, 0.15) is 0 Å². The Morgan fingerprint density at radius 1 is 0.606 bits per heavy atom. The van der Waals surface area contributed by atoms with Crippen molar-refractivity contribution in [3.63, 3.8) is 0 Å². The van der Waals surface area contributed by atoms with Crippen molar-refractivity contribution in [1.29, 1.82) is 0 Å². The summed E-state index contributed by atoms with van der Waals surface area (Å²) in [4.78, 5) is 27.5. The Balaban J connectivity index is 1.71. The van der Waals surface area contributed by atoms with E-state index in [9.17, 15) is 9.59 Å². The van der Waals surface area contributed by atoms with Crippen molar-refractivity contribution >= 4 is 34.7 Å². The highest BCUT2D eigenvalue weighted by Crippen LogP contribution is 2.35. The topological polar surface area (TPSA) is 37.4 Å². The number of benzene rings is 3. The summed E-state index contributed by atoms with van der Waals surface area (Å²) >= 11 is 0. The molecule has 0 unspecified atom stereocenters. The van der Waals surface area contributed by atoms with E-state index in [0.29, 0.717) is 11.1 Å². The molecule has 3 heteroatoms. The number of anilines is 3. The largest absolute Gasteiger partial charge is 0.311 e. The second kappa shape index (κ2) is 9.09. The first-order valence-corrected chi connectivity index (χ1v) is 10.8. The quantitative estimate of drug-likeness (QED) is 0.312. The minimum Gasteiger partial charge on any atom is -0.311 e. The molecule has 1 aliphatic rings. The van der Waals surface area contributed by atoms with Gasteiger partial charge in [-0.05, 0) is 61.9 Å². The van der Waals surface area contributed by atoms with Gasteiger partial charge in [0.25, 0.3) is 0 Å². The number of allylic oxidation sites excluding steroid dienone is 5. The van der Waals surface area contributed by atoms with Gasteiger partial charge in [0.2, 0.25) is 0 Å². The molecule has 0 saturated carbocycles. The lowest BCUT2D eigenvalue weighted by atomic mass is 10.0. The van der Waals surface area contributed by atoms with Crippen molar-refractivity contribution in [2.75, 3.05) is 4.90 Å². The molecule has 162 valence electrons. The van der Waals surface area contributed by atoms with E-state index in [4.69, 9.17) is 0 Å². The summed E-state index contributed by atoms with van der Waals surface area (Å²) in [6, 6.07) is 24.6. The Bertz CT molecular complexity index is 1230. The van der Waals surface area contributed by atoms with Gasteiger partial charge in [0.15, 0.2) is 11.6 Å². The molecule has 1 aliphatic carbocycles. The summed E-state index contributed by atoms with van der Waals surface area (Å²) in [7, 11) is 0. The van der Waals surface area contributed by atoms with Gasteiger partial charge < -0.3 is 4.90 Å². The zero-order chi connectivity index (χ0) is 23.5. The third kappa shape index (κ3) is 4.26. The molecule has 3 aromatic carbocycles. The molecule has 0 atom stereocenters. The van der Waals surface area contributed by atoms with Crippen LogP contribution in [0.15, 0.2) is 115 Å². The summed E-state index contributed by atoms with van der Waals surface area (Å²) in [6.07, 6.45) is 4.47. The Morgan fingerprint density at radius 2 is 0.970 bits per heavy atom. The number of carbonyl (C=O) groups is 2. The van der Waals surface area contributed by atoms with Gasteiger partial charge >= 0.3 is 0 Å². The molecule has 33 heavy (non-hydrogen) atoms. The van der Waals surface area contributed by atoms with Gasteiger partial charge in [-0.2, -0.15) is 0 Å². The first kappa shape index (κ1) is 22.0. The smallest absolute Gasteiger partial charge is 0.197 e. The zero-order valence-electron chi connectivity index (χ0n) is 18.8. The van der Waals surface area contributed by atoms with Crippen molar-refractivity contribution in [2.24, 2.45) is 0 Å². The number of nitrogens with zero attached hydrogens (tertiary/aromatic N) is 1. The van der Waals surface area contributed by atoms with Gasteiger partial charge in [-0.3, -0.25) is 9.59 Å². The van der Waals surface area contributed by atoms with Crippen molar-refractivity contribution < 1.29 is 9.59 Å². The molecule has 3 aromatic rings. The van der Waals surface area contributed by atoms with Crippen molar-refractivity contribution in [3.05, 3.63) is 132 Å². The fourth-order valence-electron chi connectivity index (χ4n) is 3.90. The molecule has 0 radical (unpaired) electrons. The second-order valence-corrected chi connectivity index (χ2v) is 8.05. The Hall–Kier alpha value is -4.24. The Labute approximate surface area is 194 Å². The van der Waals surface area contributed by atoms with Crippen LogP contribution in [0.5, 0.6) is 0 Å². The van der Waals surface area contributed by atoms with Crippen LogP contribution in [0.25, 0.3) is 6.08 Å². The van der Waals surface area contributed by atoms with Gasteiger partial charge in [0.05, 0.1) is 5.57 Å². The number of aryl methyl sites for hydroxylation is 2. The van der Waals surface area contributed by atoms with E-state index in [1.807, 2.05) is 24.3 Å². The molecule has 0 fully saturated rings. The molecule has 0 bridgehead atoms. The van der Waals surface area contributed by atoms with Crippen LogP contribution in [-0.2, 0) is 9.59 Å². The normalized spacial score (nSPS) is 13.3. The number of ketones is 2. The molecule has 3 nitrogen and oxygen atoms in total. The van der Waals surface area contributed by atoms with Crippen LogP contribution in [0.2, 0.25) is 0 Å². The molecule has 0 saturated heterocycles. The van der Waals surface area contributed by atoms with Crippen molar-refractivity contribution in [1.82, 2.24) is 0 Å². The number of rotatable bonds is 6. The van der Waals surface area contributed by atoms with Crippen LogP contribution in [0, 0.1) is 13.8 Å². The average Bonchev–Trinajstić information content (AvgIpc) is 3.06. The summed E-state index contributed by atoms with van der Waals surface area (Å²) in [5, 5.41) is 0. The molecule has 0 aliphatic heterocycles. The second-order valence-electron chi connectivity index (χ2n) is 8.05. The highest BCUT2D eigenvalue weighted by atomic mass is 16.2. The highest BCUT2D eigenvalue weighted by Gasteiger charge is 2.32. The first-order valence-electron chi connectivity index (χ1n) is 10.8. The molecule has 4 rings (SSSR count). The van der Waals surface area contributed by atoms with E-state index in [2.05, 4.69) is 80.4 Å². The first-order chi connectivity index (χ1) is 15.9. The molecule has 0 heterocycles. The highest BCUT2D eigenvalue weighted by molar-refractivity contribution is 6.41. The SMILES string of the molecule is C=CC1=C(C=C)C(=O)C(=Cc2ccc(N(c3ccc(C)cc3)c3ccc(C)cc3)cc2)C1=O. The predicted molar refractivity (Wildman–Crippen MR) is 136 cm³/mol.